The number of carboxylic acids is 1. The fourth-order valence-corrected chi connectivity index (χ4v) is 2.41. The lowest BCUT2D eigenvalue weighted by molar-refractivity contribution is -0.138. The van der Waals surface area contributed by atoms with Gasteiger partial charge < -0.3 is 16.2 Å². The van der Waals surface area contributed by atoms with E-state index >= 15 is 0 Å². The second-order valence-corrected chi connectivity index (χ2v) is 4.77. The van der Waals surface area contributed by atoms with Crippen LogP contribution in [0.25, 0.3) is 0 Å². The van der Waals surface area contributed by atoms with E-state index in [1.165, 1.54) is 11.3 Å². The predicted octanol–water partition coefficient (Wildman–Crippen LogP) is 2.08. The van der Waals surface area contributed by atoms with Crippen LogP contribution in [-0.2, 0) is 4.79 Å². The molecular formula is C13H12N2O3S. The maximum atomic E-state index is 11.3. The van der Waals surface area contributed by atoms with Crippen molar-refractivity contribution in [2.75, 3.05) is 5.32 Å². The molecule has 98 valence electrons. The lowest BCUT2D eigenvalue weighted by Gasteiger charge is -2.15. The molecular weight excluding hydrogens is 264 g/mol. The molecule has 0 bridgehead atoms. The molecule has 1 aromatic carbocycles. The number of nitrogens with two attached hydrogens (primary N) is 1. The van der Waals surface area contributed by atoms with Crippen molar-refractivity contribution >= 4 is 28.9 Å². The first-order chi connectivity index (χ1) is 9.09. The maximum Gasteiger partial charge on any atom is 0.330 e. The molecule has 19 heavy (non-hydrogen) atoms. The van der Waals surface area contributed by atoms with Crippen LogP contribution in [0.2, 0.25) is 0 Å². The number of primary amides is 1. The Bertz CT molecular complexity index is 595. The van der Waals surface area contributed by atoms with Crippen LogP contribution in [0.3, 0.4) is 0 Å². The standard InChI is InChI=1S/C13H12N2O3S/c14-12(16)11-9(6-7-19-11)15-10(13(17)18)8-4-2-1-3-5-8/h1-7,10,15H,(H2,14,16)(H,17,18). The summed E-state index contributed by atoms with van der Waals surface area (Å²) >= 11 is 1.18. The smallest absolute Gasteiger partial charge is 0.330 e. The number of carbonyl (C=O) groups excluding carboxylic acids is 1. The molecule has 0 spiro atoms. The maximum absolute atomic E-state index is 11.3. The number of amides is 1. The summed E-state index contributed by atoms with van der Waals surface area (Å²) in [6.07, 6.45) is 0. The molecule has 0 fully saturated rings. The van der Waals surface area contributed by atoms with Gasteiger partial charge in [0.2, 0.25) is 0 Å². The fourth-order valence-electron chi connectivity index (χ4n) is 1.70. The molecule has 1 amide bonds. The molecule has 1 heterocycles. The van der Waals surface area contributed by atoms with Crippen LogP contribution in [0, 0.1) is 0 Å². The summed E-state index contributed by atoms with van der Waals surface area (Å²) in [7, 11) is 0. The molecule has 0 aliphatic carbocycles. The third-order valence-corrected chi connectivity index (χ3v) is 3.50. The number of carboxylic acid groups (broad SMARTS) is 1. The Morgan fingerprint density at radius 3 is 2.47 bits per heavy atom. The van der Waals surface area contributed by atoms with Gasteiger partial charge in [-0.1, -0.05) is 30.3 Å². The first-order valence-corrected chi connectivity index (χ1v) is 6.39. The van der Waals surface area contributed by atoms with Gasteiger partial charge in [0.15, 0.2) is 6.04 Å². The van der Waals surface area contributed by atoms with Crippen molar-refractivity contribution in [2.45, 2.75) is 6.04 Å². The van der Waals surface area contributed by atoms with Gasteiger partial charge >= 0.3 is 5.97 Å². The molecule has 1 aromatic heterocycles. The Morgan fingerprint density at radius 2 is 1.89 bits per heavy atom. The van der Waals surface area contributed by atoms with E-state index < -0.39 is 17.9 Å². The van der Waals surface area contributed by atoms with E-state index in [1.807, 2.05) is 6.07 Å². The zero-order chi connectivity index (χ0) is 13.8. The van der Waals surface area contributed by atoms with Crippen molar-refractivity contribution in [3.63, 3.8) is 0 Å². The van der Waals surface area contributed by atoms with E-state index in [0.717, 1.165) is 0 Å². The van der Waals surface area contributed by atoms with Crippen LogP contribution >= 0.6 is 11.3 Å². The molecule has 1 unspecified atom stereocenters. The SMILES string of the molecule is NC(=O)c1sccc1NC(C(=O)O)c1ccccc1. The quantitative estimate of drug-likeness (QED) is 0.779. The number of hydrogen-bond acceptors (Lipinski definition) is 4. The summed E-state index contributed by atoms with van der Waals surface area (Å²) in [6, 6.07) is 9.47. The number of hydrogen-bond donors (Lipinski definition) is 3. The Labute approximate surface area is 113 Å². The molecule has 2 aromatic rings. The van der Waals surface area contributed by atoms with Crippen molar-refractivity contribution in [3.05, 3.63) is 52.2 Å². The summed E-state index contributed by atoms with van der Waals surface area (Å²) in [5, 5.41) is 13.8. The molecule has 0 saturated heterocycles. The van der Waals surface area contributed by atoms with E-state index in [1.54, 1.807) is 35.7 Å². The fraction of sp³-hybridized carbons (Fsp3) is 0.0769. The van der Waals surface area contributed by atoms with Gasteiger partial charge in [-0.2, -0.15) is 0 Å². The Hall–Kier alpha value is -2.34. The van der Waals surface area contributed by atoms with Gasteiger partial charge in [0.05, 0.1) is 5.69 Å². The number of aliphatic carboxylic acids is 1. The first kappa shape index (κ1) is 13.1. The molecule has 4 N–H and O–H groups in total. The first-order valence-electron chi connectivity index (χ1n) is 5.51. The third kappa shape index (κ3) is 2.92. The van der Waals surface area contributed by atoms with Crippen molar-refractivity contribution in [1.82, 2.24) is 0 Å². The zero-order valence-electron chi connectivity index (χ0n) is 9.87. The second-order valence-electron chi connectivity index (χ2n) is 3.85. The van der Waals surface area contributed by atoms with Gasteiger partial charge in [-0.25, -0.2) is 4.79 Å². The predicted molar refractivity (Wildman–Crippen MR) is 73.3 cm³/mol. The van der Waals surface area contributed by atoms with Gasteiger partial charge in [-0.05, 0) is 17.0 Å². The number of rotatable bonds is 5. The topological polar surface area (TPSA) is 92.4 Å². The number of anilines is 1. The molecule has 1 atom stereocenters. The summed E-state index contributed by atoms with van der Waals surface area (Å²) in [5.41, 5.74) is 6.28. The van der Waals surface area contributed by atoms with Crippen LogP contribution in [0.15, 0.2) is 41.8 Å². The van der Waals surface area contributed by atoms with Crippen molar-refractivity contribution in [1.29, 1.82) is 0 Å². The van der Waals surface area contributed by atoms with Crippen LogP contribution in [0.4, 0.5) is 5.69 Å². The van der Waals surface area contributed by atoms with Crippen LogP contribution in [0.1, 0.15) is 21.3 Å². The van der Waals surface area contributed by atoms with E-state index in [9.17, 15) is 14.7 Å². The molecule has 6 heteroatoms. The highest BCUT2D eigenvalue weighted by Crippen LogP contribution is 2.26. The average molecular weight is 276 g/mol. The zero-order valence-corrected chi connectivity index (χ0v) is 10.7. The number of carbonyl (C=O) groups is 2. The van der Waals surface area contributed by atoms with Gasteiger partial charge in [0.25, 0.3) is 5.91 Å². The van der Waals surface area contributed by atoms with Crippen LogP contribution in [0.5, 0.6) is 0 Å². The lowest BCUT2D eigenvalue weighted by Crippen LogP contribution is -2.22. The van der Waals surface area contributed by atoms with E-state index in [-0.39, 0.29) is 0 Å². The van der Waals surface area contributed by atoms with Gasteiger partial charge in [-0.3, -0.25) is 4.79 Å². The lowest BCUT2D eigenvalue weighted by atomic mass is 10.1. The average Bonchev–Trinajstić information content (AvgIpc) is 2.85. The molecule has 2 rings (SSSR count). The third-order valence-electron chi connectivity index (χ3n) is 2.57. The summed E-state index contributed by atoms with van der Waals surface area (Å²) in [5.74, 6) is -1.59. The monoisotopic (exact) mass is 276 g/mol. The number of benzene rings is 1. The van der Waals surface area contributed by atoms with Gasteiger partial charge in [0, 0.05) is 0 Å². The van der Waals surface area contributed by atoms with E-state index in [0.29, 0.717) is 16.1 Å². The highest BCUT2D eigenvalue weighted by Gasteiger charge is 2.21. The van der Waals surface area contributed by atoms with Crippen molar-refractivity contribution < 1.29 is 14.7 Å². The summed E-state index contributed by atoms with van der Waals surface area (Å²) in [6.45, 7) is 0. The highest BCUT2D eigenvalue weighted by molar-refractivity contribution is 7.12. The van der Waals surface area contributed by atoms with Crippen molar-refractivity contribution in [3.8, 4) is 0 Å². The molecule has 0 saturated carbocycles. The largest absolute Gasteiger partial charge is 0.479 e. The van der Waals surface area contributed by atoms with Crippen LogP contribution < -0.4 is 11.1 Å². The minimum absolute atomic E-state index is 0.321. The number of nitrogens with one attached hydrogen (secondary N) is 1. The minimum Gasteiger partial charge on any atom is -0.479 e. The Balaban J connectivity index is 2.30. The molecule has 5 nitrogen and oxygen atoms in total. The minimum atomic E-state index is -1.02. The Morgan fingerprint density at radius 1 is 1.21 bits per heavy atom. The van der Waals surface area contributed by atoms with E-state index in [2.05, 4.69) is 5.32 Å². The Kier molecular flexibility index (Phi) is 3.82. The normalized spacial score (nSPS) is 11.8. The van der Waals surface area contributed by atoms with Gasteiger partial charge in [-0.15, -0.1) is 11.3 Å². The van der Waals surface area contributed by atoms with Crippen molar-refractivity contribution in [2.24, 2.45) is 5.73 Å². The molecule has 0 aliphatic rings. The molecule has 0 aliphatic heterocycles. The van der Waals surface area contributed by atoms with Gasteiger partial charge in [0.1, 0.15) is 4.88 Å². The molecule has 0 radical (unpaired) electrons. The van der Waals surface area contributed by atoms with Crippen LogP contribution in [-0.4, -0.2) is 17.0 Å². The van der Waals surface area contributed by atoms with E-state index in [4.69, 9.17) is 5.73 Å². The second kappa shape index (κ2) is 5.53. The summed E-state index contributed by atoms with van der Waals surface area (Å²) in [4.78, 5) is 22.9. The highest BCUT2D eigenvalue weighted by atomic mass is 32.1. The summed E-state index contributed by atoms with van der Waals surface area (Å²) < 4.78 is 0. The number of thiophene rings is 1.